The number of hydrogen-bond donors (Lipinski definition) is 0. The summed E-state index contributed by atoms with van der Waals surface area (Å²) in [6.07, 6.45) is 2.49. The van der Waals surface area contributed by atoms with Gasteiger partial charge in [-0.1, -0.05) is 13.8 Å². The lowest BCUT2D eigenvalue weighted by atomic mass is 10.1. The monoisotopic (exact) mass is 322 g/mol. The zero-order valence-corrected chi connectivity index (χ0v) is 14.4. The predicted octanol–water partition coefficient (Wildman–Crippen LogP) is 3.01. The average molecular weight is 322 g/mol. The highest BCUT2D eigenvalue weighted by Gasteiger charge is 2.28. The SMILES string of the molecule is CC(C)CN1CCCC1c1ccc(C(=O)N2CCOCC2)s1. The van der Waals surface area contributed by atoms with Gasteiger partial charge in [-0.15, -0.1) is 11.3 Å². The summed E-state index contributed by atoms with van der Waals surface area (Å²) in [5.74, 6) is 0.864. The fraction of sp³-hybridized carbons (Fsp3) is 0.706. The maximum Gasteiger partial charge on any atom is 0.264 e. The molecule has 3 rings (SSSR count). The Kier molecular flexibility index (Phi) is 5.16. The highest BCUT2D eigenvalue weighted by molar-refractivity contribution is 7.14. The van der Waals surface area contributed by atoms with E-state index in [2.05, 4.69) is 24.8 Å². The molecule has 122 valence electrons. The molecule has 0 saturated carbocycles. The number of ether oxygens (including phenoxy) is 1. The smallest absolute Gasteiger partial charge is 0.264 e. The number of rotatable bonds is 4. The summed E-state index contributed by atoms with van der Waals surface area (Å²) in [6.45, 7) is 9.64. The molecule has 4 nitrogen and oxygen atoms in total. The van der Waals surface area contributed by atoms with Crippen LogP contribution in [0.5, 0.6) is 0 Å². The first-order valence-corrected chi connectivity index (χ1v) is 9.17. The number of carbonyl (C=O) groups excluding carboxylic acids is 1. The van der Waals surface area contributed by atoms with Crippen LogP contribution in [0.4, 0.5) is 0 Å². The minimum Gasteiger partial charge on any atom is -0.378 e. The van der Waals surface area contributed by atoms with Gasteiger partial charge in [0.05, 0.1) is 18.1 Å². The first kappa shape index (κ1) is 16.0. The van der Waals surface area contributed by atoms with Crippen LogP contribution in [0, 0.1) is 5.92 Å². The molecule has 0 radical (unpaired) electrons. The van der Waals surface area contributed by atoms with Gasteiger partial charge in [0.25, 0.3) is 5.91 Å². The number of likely N-dealkylation sites (tertiary alicyclic amines) is 1. The Morgan fingerprint density at radius 3 is 2.82 bits per heavy atom. The van der Waals surface area contributed by atoms with E-state index in [1.807, 2.05) is 11.0 Å². The van der Waals surface area contributed by atoms with Gasteiger partial charge in [0, 0.05) is 30.6 Å². The lowest BCUT2D eigenvalue weighted by molar-refractivity contribution is 0.0306. The van der Waals surface area contributed by atoms with Crippen LogP contribution in [0.1, 0.15) is 47.3 Å². The molecule has 2 aliphatic heterocycles. The van der Waals surface area contributed by atoms with Crippen molar-refractivity contribution in [3.63, 3.8) is 0 Å². The van der Waals surface area contributed by atoms with Crippen LogP contribution in [-0.2, 0) is 4.74 Å². The van der Waals surface area contributed by atoms with Crippen LogP contribution in [0.15, 0.2) is 12.1 Å². The van der Waals surface area contributed by atoms with Crippen molar-refractivity contribution < 1.29 is 9.53 Å². The van der Waals surface area contributed by atoms with E-state index >= 15 is 0 Å². The third kappa shape index (κ3) is 3.53. The van der Waals surface area contributed by atoms with Crippen molar-refractivity contribution in [3.8, 4) is 0 Å². The molecule has 1 amide bonds. The van der Waals surface area contributed by atoms with Crippen molar-refractivity contribution >= 4 is 17.2 Å². The van der Waals surface area contributed by atoms with Crippen LogP contribution in [-0.4, -0.2) is 55.1 Å². The summed E-state index contributed by atoms with van der Waals surface area (Å²) >= 11 is 1.69. The summed E-state index contributed by atoms with van der Waals surface area (Å²) in [7, 11) is 0. The van der Waals surface area contributed by atoms with Crippen molar-refractivity contribution in [1.82, 2.24) is 9.80 Å². The fourth-order valence-electron chi connectivity index (χ4n) is 3.41. The van der Waals surface area contributed by atoms with Crippen LogP contribution >= 0.6 is 11.3 Å². The minimum atomic E-state index is 0.174. The van der Waals surface area contributed by atoms with Gasteiger partial charge < -0.3 is 9.64 Å². The van der Waals surface area contributed by atoms with E-state index in [1.54, 1.807) is 11.3 Å². The number of thiophene rings is 1. The standard InChI is InChI=1S/C17H26N2O2S/c1-13(2)12-19-7-3-4-14(19)15-5-6-16(22-15)17(20)18-8-10-21-11-9-18/h5-6,13-14H,3-4,7-12H2,1-2H3. The van der Waals surface area contributed by atoms with E-state index in [-0.39, 0.29) is 5.91 Å². The molecule has 1 aromatic rings. The van der Waals surface area contributed by atoms with Crippen molar-refractivity contribution in [1.29, 1.82) is 0 Å². The van der Waals surface area contributed by atoms with E-state index in [0.29, 0.717) is 25.2 Å². The second-order valence-corrected chi connectivity index (χ2v) is 7.77. The summed E-state index contributed by atoms with van der Waals surface area (Å²) in [5.41, 5.74) is 0. The lowest BCUT2D eigenvalue weighted by Gasteiger charge is -2.26. The highest BCUT2D eigenvalue weighted by atomic mass is 32.1. The van der Waals surface area contributed by atoms with Crippen molar-refractivity contribution in [2.24, 2.45) is 5.92 Å². The second kappa shape index (κ2) is 7.11. The Labute approximate surface area is 137 Å². The van der Waals surface area contributed by atoms with Crippen molar-refractivity contribution in [2.45, 2.75) is 32.7 Å². The molecule has 0 aromatic carbocycles. The zero-order valence-electron chi connectivity index (χ0n) is 13.6. The molecule has 3 heterocycles. The fourth-order valence-corrected chi connectivity index (χ4v) is 4.55. The van der Waals surface area contributed by atoms with Crippen LogP contribution in [0.25, 0.3) is 0 Å². The Bertz CT molecular complexity index is 509. The normalized spacial score (nSPS) is 23.4. The van der Waals surface area contributed by atoms with Crippen molar-refractivity contribution in [2.75, 3.05) is 39.4 Å². The molecular weight excluding hydrogens is 296 g/mol. The molecule has 0 bridgehead atoms. The van der Waals surface area contributed by atoms with E-state index in [1.165, 1.54) is 24.3 Å². The van der Waals surface area contributed by atoms with Crippen LogP contribution < -0.4 is 0 Å². The van der Waals surface area contributed by atoms with Gasteiger partial charge in [-0.3, -0.25) is 9.69 Å². The highest BCUT2D eigenvalue weighted by Crippen LogP contribution is 2.36. The minimum absolute atomic E-state index is 0.174. The molecule has 1 aromatic heterocycles. The Hall–Kier alpha value is -0.910. The molecule has 0 N–H and O–H groups in total. The van der Waals surface area contributed by atoms with Crippen LogP contribution in [0.3, 0.4) is 0 Å². The Balaban J connectivity index is 1.68. The predicted molar refractivity (Wildman–Crippen MR) is 89.4 cm³/mol. The molecular formula is C17H26N2O2S. The molecule has 2 fully saturated rings. The van der Waals surface area contributed by atoms with Gasteiger partial charge >= 0.3 is 0 Å². The average Bonchev–Trinajstić information content (AvgIpc) is 3.15. The number of morpholine rings is 1. The molecule has 22 heavy (non-hydrogen) atoms. The number of carbonyl (C=O) groups is 1. The van der Waals surface area contributed by atoms with Gasteiger partial charge in [-0.2, -0.15) is 0 Å². The zero-order chi connectivity index (χ0) is 15.5. The maximum atomic E-state index is 12.6. The molecule has 5 heteroatoms. The molecule has 2 saturated heterocycles. The van der Waals surface area contributed by atoms with E-state index in [4.69, 9.17) is 4.74 Å². The topological polar surface area (TPSA) is 32.8 Å². The molecule has 0 spiro atoms. The van der Waals surface area contributed by atoms with Crippen LogP contribution in [0.2, 0.25) is 0 Å². The van der Waals surface area contributed by atoms with Gasteiger partial charge in [-0.05, 0) is 37.4 Å². The van der Waals surface area contributed by atoms with E-state index < -0.39 is 0 Å². The lowest BCUT2D eigenvalue weighted by Crippen LogP contribution is -2.40. The van der Waals surface area contributed by atoms with Gasteiger partial charge in [0.15, 0.2) is 0 Å². The maximum absolute atomic E-state index is 12.6. The molecule has 1 atom stereocenters. The molecule has 1 unspecified atom stereocenters. The Morgan fingerprint density at radius 2 is 2.09 bits per heavy atom. The van der Waals surface area contributed by atoms with Gasteiger partial charge in [0.1, 0.15) is 0 Å². The number of amides is 1. The molecule has 2 aliphatic rings. The summed E-state index contributed by atoms with van der Waals surface area (Å²) in [5, 5.41) is 0. The van der Waals surface area contributed by atoms with Gasteiger partial charge in [0.2, 0.25) is 0 Å². The van der Waals surface area contributed by atoms with Crippen molar-refractivity contribution in [3.05, 3.63) is 21.9 Å². The molecule has 0 aliphatic carbocycles. The quantitative estimate of drug-likeness (QED) is 0.854. The number of nitrogens with zero attached hydrogens (tertiary/aromatic N) is 2. The first-order valence-electron chi connectivity index (χ1n) is 8.36. The van der Waals surface area contributed by atoms with E-state index in [9.17, 15) is 4.79 Å². The third-order valence-electron chi connectivity index (χ3n) is 4.43. The summed E-state index contributed by atoms with van der Waals surface area (Å²) in [4.78, 5) is 19.3. The second-order valence-electron chi connectivity index (χ2n) is 6.65. The summed E-state index contributed by atoms with van der Waals surface area (Å²) in [6, 6.07) is 4.70. The van der Waals surface area contributed by atoms with Gasteiger partial charge in [-0.25, -0.2) is 0 Å². The first-order chi connectivity index (χ1) is 10.6. The summed E-state index contributed by atoms with van der Waals surface area (Å²) < 4.78 is 5.33. The number of hydrogen-bond acceptors (Lipinski definition) is 4. The third-order valence-corrected chi connectivity index (χ3v) is 5.60. The van der Waals surface area contributed by atoms with E-state index in [0.717, 1.165) is 24.5 Å². The Morgan fingerprint density at radius 1 is 1.32 bits per heavy atom. The largest absolute Gasteiger partial charge is 0.378 e.